The zero-order valence-electron chi connectivity index (χ0n) is 19.3. The van der Waals surface area contributed by atoms with Gasteiger partial charge < -0.3 is 19.5 Å². The second-order valence-electron chi connectivity index (χ2n) is 8.34. The van der Waals surface area contributed by atoms with E-state index in [0.717, 1.165) is 35.1 Å². The molecular formula is C25H27F3N4OS. The number of hydrogen-bond donors (Lipinski definition) is 1. The average Bonchev–Trinajstić information content (AvgIpc) is 3.29. The standard InChI is InChI=1S/C25H27F3N4OS/c1-16-15-18(17(2)32(16)21-11-5-4-9-19(21)25(26,27)28)23-22(20-10-6-7-12-29-20)30-24(34)31(23)13-8-14-33-3/h4-7,9-12,15,22-23H,8,13-14H2,1-3H3,(H,30,34). The van der Waals surface area contributed by atoms with Crippen LogP contribution in [0.25, 0.3) is 5.69 Å². The molecule has 1 aliphatic rings. The second-order valence-corrected chi connectivity index (χ2v) is 8.73. The van der Waals surface area contributed by atoms with Crippen LogP contribution in [0.3, 0.4) is 0 Å². The molecule has 9 heteroatoms. The molecule has 180 valence electrons. The average molecular weight is 489 g/mol. The lowest BCUT2D eigenvalue weighted by atomic mass is 9.96. The number of methoxy groups -OCH3 is 1. The number of halogens is 3. The summed E-state index contributed by atoms with van der Waals surface area (Å²) in [5.41, 5.74) is 2.65. The normalized spacial score (nSPS) is 18.4. The summed E-state index contributed by atoms with van der Waals surface area (Å²) in [5, 5.41) is 3.99. The summed E-state index contributed by atoms with van der Waals surface area (Å²) in [6.45, 7) is 4.92. The van der Waals surface area contributed by atoms with Crippen LogP contribution in [-0.2, 0) is 10.9 Å². The Morgan fingerprint density at radius 2 is 1.85 bits per heavy atom. The fourth-order valence-corrected chi connectivity index (χ4v) is 5.06. The molecule has 5 nitrogen and oxygen atoms in total. The molecule has 1 aliphatic heterocycles. The molecule has 2 unspecified atom stereocenters. The maximum Gasteiger partial charge on any atom is 0.418 e. The molecule has 34 heavy (non-hydrogen) atoms. The lowest BCUT2D eigenvalue weighted by Crippen LogP contribution is -2.31. The Balaban J connectivity index is 1.83. The number of nitrogens with one attached hydrogen (secondary N) is 1. The van der Waals surface area contributed by atoms with Crippen molar-refractivity contribution >= 4 is 17.3 Å². The van der Waals surface area contributed by atoms with Crippen molar-refractivity contribution in [2.75, 3.05) is 20.3 Å². The molecule has 1 fully saturated rings. The van der Waals surface area contributed by atoms with Crippen molar-refractivity contribution in [1.82, 2.24) is 19.8 Å². The predicted octanol–water partition coefficient (Wildman–Crippen LogP) is 5.52. The van der Waals surface area contributed by atoms with Crippen LogP contribution in [0.4, 0.5) is 13.2 Å². The van der Waals surface area contributed by atoms with Gasteiger partial charge in [0.25, 0.3) is 0 Å². The summed E-state index contributed by atoms with van der Waals surface area (Å²) < 4.78 is 48.3. The Kier molecular flexibility index (Phi) is 6.95. The summed E-state index contributed by atoms with van der Waals surface area (Å²) in [6, 6.07) is 12.9. The highest BCUT2D eigenvalue weighted by Gasteiger charge is 2.41. The minimum Gasteiger partial charge on any atom is -0.385 e. The SMILES string of the molecule is COCCCN1C(=S)NC(c2ccccn2)C1c1cc(C)n(-c2ccccc2C(F)(F)F)c1C. The van der Waals surface area contributed by atoms with E-state index in [2.05, 4.69) is 15.2 Å². The van der Waals surface area contributed by atoms with E-state index in [1.54, 1.807) is 23.9 Å². The van der Waals surface area contributed by atoms with Crippen molar-refractivity contribution in [3.63, 3.8) is 0 Å². The first kappa shape index (κ1) is 24.2. The monoisotopic (exact) mass is 488 g/mol. The molecule has 0 radical (unpaired) electrons. The van der Waals surface area contributed by atoms with Gasteiger partial charge in [0.2, 0.25) is 0 Å². The number of alkyl halides is 3. The molecule has 1 aromatic carbocycles. The van der Waals surface area contributed by atoms with Gasteiger partial charge in [-0.05, 0) is 68.4 Å². The van der Waals surface area contributed by atoms with Crippen molar-refractivity contribution in [1.29, 1.82) is 0 Å². The molecule has 0 spiro atoms. The molecule has 3 heterocycles. The van der Waals surface area contributed by atoms with Crippen LogP contribution >= 0.6 is 12.2 Å². The van der Waals surface area contributed by atoms with Crippen LogP contribution in [0.5, 0.6) is 0 Å². The Labute approximate surface area is 202 Å². The molecule has 0 bridgehead atoms. The van der Waals surface area contributed by atoms with Crippen LogP contribution < -0.4 is 5.32 Å². The van der Waals surface area contributed by atoms with Crippen LogP contribution in [-0.4, -0.2) is 39.8 Å². The minimum atomic E-state index is -4.46. The molecule has 0 amide bonds. The first-order valence-corrected chi connectivity index (χ1v) is 11.5. The highest BCUT2D eigenvalue weighted by molar-refractivity contribution is 7.80. The van der Waals surface area contributed by atoms with Crippen molar-refractivity contribution in [3.05, 3.63) is 82.9 Å². The number of thiocarbonyl (C=S) groups is 1. The van der Waals surface area contributed by atoms with Gasteiger partial charge in [-0.25, -0.2) is 0 Å². The topological polar surface area (TPSA) is 42.3 Å². The molecule has 3 aromatic rings. The quantitative estimate of drug-likeness (QED) is 0.351. The smallest absolute Gasteiger partial charge is 0.385 e. The summed E-state index contributed by atoms with van der Waals surface area (Å²) in [4.78, 5) is 6.63. The Morgan fingerprint density at radius 3 is 2.53 bits per heavy atom. The molecule has 1 saturated heterocycles. The van der Waals surface area contributed by atoms with Gasteiger partial charge in [-0.2, -0.15) is 13.2 Å². The second kappa shape index (κ2) is 9.76. The molecule has 4 rings (SSSR count). The van der Waals surface area contributed by atoms with Gasteiger partial charge in [-0.3, -0.25) is 4.98 Å². The Hall–Kier alpha value is -2.91. The van der Waals surface area contributed by atoms with Crippen LogP contribution in [0.15, 0.2) is 54.7 Å². The van der Waals surface area contributed by atoms with E-state index in [1.807, 2.05) is 38.1 Å². The third kappa shape index (κ3) is 4.54. The van der Waals surface area contributed by atoms with Gasteiger partial charge in [-0.1, -0.05) is 18.2 Å². The zero-order chi connectivity index (χ0) is 24.5. The van der Waals surface area contributed by atoms with E-state index in [4.69, 9.17) is 17.0 Å². The summed E-state index contributed by atoms with van der Waals surface area (Å²) in [7, 11) is 1.65. The first-order chi connectivity index (χ1) is 16.2. The van der Waals surface area contributed by atoms with Crippen LogP contribution in [0.2, 0.25) is 0 Å². The highest BCUT2D eigenvalue weighted by Crippen LogP contribution is 2.42. The van der Waals surface area contributed by atoms with E-state index in [1.165, 1.54) is 12.1 Å². The summed E-state index contributed by atoms with van der Waals surface area (Å²) in [6.07, 6.45) is -1.97. The summed E-state index contributed by atoms with van der Waals surface area (Å²) in [5.74, 6) is 0. The molecule has 0 aliphatic carbocycles. The van der Waals surface area contributed by atoms with Gasteiger partial charge in [0.05, 0.1) is 29.0 Å². The third-order valence-corrected chi connectivity index (χ3v) is 6.54. The van der Waals surface area contributed by atoms with Gasteiger partial charge >= 0.3 is 6.18 Å². The zero-order valence-corrected chi connectivity index (χ0v) is 20.1. The molecule has 2 aromatic heterocycles. The van der Waals surface area contributed by atoms with E-state index in [9.17, 15) is 13.2 Å². The van der Waals surface area contributed by atoms with Crippen molar-refractivity contribution in [2.45, 2.75) is 38.5 Å². The number of rotatable bonds is 7. The van der Waals surface area contributed by atoms with Crippen molar-refractivity contribution in [3.8, 4) is 5.69 Å². The van der Waals surface area contributed by atoms with Crippen molar-refractivity contribution < 1.29 is 17.9 Å². The maximum atomic E-state index is 13.8. The number of aromatic nitrogens is 2. The van der Waals surface area contributed by atoms with Gasteiger partial charge in [0.15, 0.2) is 5.11 Å². The number of nitrogens with zero attached hydrogens (tertiary/aromatic N) is 3. The van der Waals surface area contributed by atoms with Gasteiger partial charge in [0, 0.05) is 37.8 Å². The lowest BCUT2D eigenvalue weighted by molar-refractivity contribution is -0.137. The molecular weight excluding hydrogens is 461 g/mol. The largest absolute Gasteiger partial charge is 0.418 e. The number of para-hydroxylation sites is 1. The number of pyridine rings is 1. The van der Waals surface area contributed by atoms with E-state index in [-0.39, 0.29) is 17.8 Å². The first-order valence-electron chi connectivity index (χ1n) is 11.1. The predicted molar refractivity (Wildman–Crippen MR) is 129 cm³/mol. The molecule has 2 atom stereocenters. The minimum absolute atomic E-state index is 0.116. The lowest BCUT2D eigenvalue weighted by Gasteiger charge is -2.28. The molecule has 0 saturated carbocycles. The van der Waals surface area contributed by atoms with E-state index in [0.29, 0.717) is 18.3 Å². The Morgan fingerprint density at radius 1 is 1.12 bits per heavy atom. The van der Waals surface area contributed by atoms with Gasteiger partial charge in [0.1, 0.15) is 0 Å². The number of aryl methyl sites for hydroxylation is 1. The third-order valence-electron chi connectivity index (χ3n) is 6.18. The summed E-state index contributed by atoms with van der Waals surface area (Å²) >= 11 is 5.68. The van der Waals surface area contributed by atoms with Crippen LogP contribution in [0, 0.1) is 13.8 Å². The fraction of sp³-hybridized carbons (Fsp3) is 0.360. The highest BCUT2D eigenvalue weighted by atomic mass is 32.1. The van der Waals surface area contributed by atoms with Gasteiger partial charge in [-0.15, -0.1) is 0 Å². The number of ether oxygens (including phenoxy) is 1. The Bertz CT molecular complexity index is 1160. The van der Waals surface area contributed by atoms with E-state index < -0.39 is 11.7 Å². The fourth-order valence-electron chi connectivity index (χ4n) is 4.73. The molecule has 1 N–H and O–H groups in total. The van der Waals surface area contributed by atoms with Crippen LogP contribution in [0.1, 0.15) is 46.7 Å². The maximum absolute atomic E-state index is 13.8. The van der Waals surface area contributed by atoms with Crippen molar-refractivity contribution in [2.24, 2.45) is 0 Å². The number of hydrogen-bond acceptors (Lipinski definition) is 3. The number of benzene rings is 1. The van der Waals surface area contributed by atoms with E-state index >= 15 is 0 Å².